The lowest BCUT2D eigenvalue weighted by Crippen LogP contribution is -2.27. The standard InChI is InChI=1S/C15H16BrFN4O4/c1-8-5-10(17)12(20-7-9(16)13(19-20)21(23)24)6-11(8)18-14(22)25-15(2,3)4/h5-7H,1-4H3,(H,18,22). The van der Waals surface area contributed by atoms with E-state index in [9.17, 15) is 19.3 Å². The fourth-order valence-corrected chi connectivity index (χ4v) is 2.39. The molecule has 0 saturated carbocycles. The molecule has 25 heavy (non-hydrogen) atoms. The first-order valence-electron chi connectivity index (χ1n) is 7.18. The van der Waals surface area contributed by atoms with Crippen molar-refractivity contribution in [3.63, 3.8) is 0 Å². The Bertz CT molecular complexity index is 845. The topological polar surface area (TPSA) is 99.3 Å². The summed E-state index contributed by atoms with van der Waals surface area (Å²) in [6.07, 6.45) is 0.573. The zero-order chi connectivity index (χ0) is 18.9. The van der Waals surface area contributed by atoms with Gasteiger partial charge in [0.05, 0.1) is 11.3 Å². The number of hydrogen-bond acceptors (Lipinski definition) is 5. The highest BCUT2D eigenvalue weighted by Gasteiger charge is 2.23. The molecule has 0 saturated heterocycles. The molecule has 0 aliphatic rings. The summed E-state index contributed by atoms with van der Waals surface area (Å²) in [5, 5.41) is 17.2. The lowest BCUT2D eigenvalue weighted by Gasteiger charge is -2.20. The minimum Gasteiger partial charge on any atom is -0.444 e. The number of nitrogens with zero attached hydrogens (tertiary/aromatic N) is 3. The van der Waals surface area contributed by atoms with Crippen molar-refractivity contribution < 1.29 is 18.8 Å². The number of aromatic nitrogens is 2. The lowest BCUT2D eigenvalue weighted by molar-refractivity contribution is -0.390. The number of nitrogens with one attached hydrogen (secondary N) is 1. The number of halogens is 2. The third kappa shape index (κ3) is 4.53. The lowest BCUT2D eigenvalue weighted by atomic mass is 10.1. The number of hydrogen-bond donors (Lipinski definition) is 1. The van der Waals surface area contributed by atoms with Crippen molar-refractivity contribution in [1.29, 1.82) is 0 Å². The summed E-state index contributed by atoms with van der Waals surface area (Å²) >= 11 is 3.01. The van der Waals surface area contributed by atoms with Gasteiger partial charge in [0.15, 0.2) is 5.82 Å². The number of aryl methyl sites for hydroxylation is 1. The van der Waals surface area contributed by atoms with Gasteiger partial charge in [0.1, 0.15) is 15.8 Å². The largest absolute Gasteiger partial charge is 0.444 e. The van der Waals surface area contributed by atoms with E-state index in [1.165, 1.54) is 18.3 Å². The Morgan fingerprint density at radius 3 is 2.60 bits per heavy atom. The van der Waals surface area contributed by atoms with Crippen LogP contribution in [0.2, 0.25) is 0 Å². The van der Waals surface area contributed by atoms with Gasteiger partial charge in [0.25, 0.3) is 0 Å². The number of rotatable bonds is 3. The van der Waals surface area contributed by atoms with Crippen LogP contribution in [-0.2, 0) is 4.74 Å². The van der Waals surface area contributed by atoms with Gasteiger partial charge in [-0.1, -0.05) is 0 Å². The summed E-state index contributed by atoms with van der Waals surface area (Å²) in [6.45, 7) is 6.77. The van der Waals surface area contributed by atoms with E-state index in [1.807, 2.05) is 0 Å². The molecule has 1 amide bonds. The Balaban J connectivity index is 2.39. The fraction of sp³-hybridized carbons (Fsp3) is 0.333. The molecule has 1 heterocycles. The van der Waals surface area contributed by atoms with Crippen molar-refractivity contribution in [1.82, 2.24) is 9.78 Å². The number of carbonyl (C=O) groups is 1. The molecule has 0 aliphatic heterocycles. The van der Waals surface area contributed by atoms with E-state index in [4.69, 9.17) is 4.74 Å². The smallest absolute Gasteiger partial charge is 0.412 e. The predicted molar refractivity (Wildman–Crippen MR) is 92.5 cm³/mol. The summed E-state index contributed by atoms with van der Waals surface area (Å²) in [7, 11) is 0. The first-order chi connectivity index (χ1) is 11.5. The maximum Gasteiger partial charge on any atom is 0.412 e. The molecule has 1 aromatic heterocycles. The van der Waals surface area contributed by atoms with Crippen LogP contribution in [0.4, 0.5) is 20.7 Å². The van der Waals surface area contributed by atoms with Gasteiger partial charge in [-0.15, -0.1) is 4.68 Å². The molecule has 1 N–H and O–H groups in total. The highest BCUT2D eigenvalue weighted by atomic mass is 79.9. The van der Waals surface area contributed by atoms with Gasteiger partial charge in [-0.05, 0) is 66.2 Å². The monoisotopic (exact) mass is 414 g/mol. The number of carbonyl (C=O) groups excluding carboxylic acids is 1. The van der Waals surface area contributed by atoms with Crippen LogP contribution in [0.1, 0.15) is 26.3 Å². The molecule has 0 aliphatic carbocycles. The molecular formula is C15H16BrFN4O4. The Morgan fingerprint density at radius 1 is 1.44 bits per heavy atom. The van der Waals surface area contributed by atoms with Gasteiger partial charge >= 0.3 is 11.9 Å². The molecule has 134 valence electrons. The maximum atomic E-state index is 14.3. The van der Waals surface area contributed by atoms with Crippen LogP contribution >= 0.6 is 15.9 Å². The van der Waals surface area contributed by atoms with Crippen molar-refractivity contribution in [2.45, 2.75) is 33.3 Å². The summed E-state index contributed by atoms with van der Waals surface area (Å²) < 4.78 is 20.6. The van der Waals surface area contributed by atoms with Crippen LogP contribution in [-0.4, -0.2) is 26.4 Å². The van der Waals surface area contributed by atoms with E-state index >= 15 is 0 Å². The minimum absolute atomic E-state index is 0.0505. The van der Waals surface area contributed by atoms with Crippen LogP contribution in [0.5, 0.6) is 0 Å². The third-order valence-corrected chi connectivity index (χ3v) is 3.56. The van der Waals surface area contributed by atoms with E-state index < -0.39 is 28.3 Å². The molecular weight excluding hydrogens is 399 g/mol. The van der Waals surface area contributed by atoms with Crippen molar-refractivity contribution in [2.24, 2.45) is 0 Å². The predicted octanol–water partition coefficient (Wildman–Crippen LogP) is 4.34. The molecule has 0 spiro atoms. The zero-order valence-electron chi connectivity index (χ0n) is 14.0. The minimum atomic E-state index is -0.694. The normalized spacial score (nSPS) is 11.3. The van der Waals surface area contributed by atoms with Gasteiger partial charge in [0.2, 0.25) is 0 Å². The number of amides is 1. The molecule has 2 aromatic rings. The molecule has 0 unspecified atom stereocenters. The molecule has 0 atom stereocenters. The highest BCUT2D eigenvalue weighted by Crippen LogP contribution is 2.28. The van der Waals surface area contributed by atoms with Crippen molar-refractivity contribution in [3.05, 3.63) is 44.3 Å². The van der Waals surface area contributed by atoms with Crippen molar-refractivity contribution >= 4 is 33.5 Å². The number of ether oxygens (including phenoxy) is 1. The van der Waals surface area contributed by atoms with E-state index in [2.05, 4.69) is 26.3 Å². The second kappa shape index (κ2) is 6.79. The molecule has 10 heteroatoms. The summed E-state index contributed by atoms with van der Waals surface area (Å²) in [5.41, 5.74) is 0.0344. The Morgan fingerprint density at radius 2 is 2.08 bits per heavy atom. The first-order valence-corrected chi connectivity index (χ1v) is 7.97. The van der Waals surface area contributed by atoms with Crippen LogP contribution in [0.25, 0.3) is 5.69 Å². The maximum absolute atomic E-state index is 14.3. The van der Waals surface area contributed by atoms with Crippen molar-refractivity contribution in [2.75, 3.05) is 5.32 Å². The Hall–Kier alpha value is -2.49. The second-order valence-corrected chi connectivity index (χ2v) is 7.10. The van der Waals surface area contributed by atoms with Crippen LogP contribution in [0.3, 0.4) is 0 Å². The van der Waals surface area contributed by atoms with Crippen molar-refractivity contribution in [3.8, 4) is 5.69 Å². The fourth-order valence-electron chi connectivity index (χ4n) is 1.98. The van der Waals surface area contributed by atoms with Gasteiger partial charge in [-0.2, -0.15) is 0 Å². The average Bonchev–Trinajstić information content (AvgIpc) is 2.81. The number of nitro groups is 1. The van der Waals surface area contributed by atoms with E-state index in [1.54, 1.807) is 27.7 Å². The Kier molecular flexibility index (Phi) is 5.12. The molecule has 1 aromatic carbocycles. The van der Waals surface area contributed by atoms with E-state index in [0.717, 1.165) is 4.68 Å². The van der Waals surface area contributed by atoms with Gasteiger partial charge < -0.3 is 14.9 Å². The van der Waals surface area contributed by atoms with Crippen LogP contribution in [0, 0.1) is 22.9 Å². The van der Waals surface area contributed by atoms with Crippen LogP contribution < -0.4 is 5.32 Å². The number of anilines is 1. The Labute approximate surface area is 151 Å². The van der Waals surface area contributed by atoms with Gasteiger partial charge in [-0.25, -0.2) is 9.18 Å². The SMILES string of the molecule is Cc1cc(F)c(-n2cc(Br)c([N+](=O)[O-])n2)cc1NC(=O)OC(C)(C)C. The second-order valence-electron chi connectivity index (χ2n) is 6.25. The van der Waals surface area contributed by atoms with Gasteiger partial charge in [-0.3, -0.25) is 5.32 Å². The zero-order valence-corrected chi connectivity index (χ0v) is 15.5. The third-order valence-electron chi connectivity index (χ3n) is 3.00. The van der Waals surface area contributed by atoms with Crippen LogP contribution in [0.15, 0.2) is 22.8 Å². The molecule has 2 rings (SSSR count). The average molecular weight is 415 g/mol. The summed E-state index contributed by atoms with van der Waals surface area (Å²) in [4.78, 5) is 22.1. The van der Waals surface area contributed by atoms with Gasteiger partial charge in [0, 0.05) is 5.69 Å². The molecule has 0 radical (unpaired) electrons. The van der Waals surface area contributed by atoms with E-state index in [-0.39, 0.29) is 10.2 Å². The summed E-state index contributed by atoms with van der Waals surface area (Å²) in [6, 6.07) is 2.53. The molecule has 8 nitrogen and oxygen atoms in total. The van der Waals surface area contributed by atoms with E-state index in [0.29, 0.717) is 11.3 Å². The summed E-state index contributed by atoms with van der Waals surface area (Å²) in [5.74, 6) is -1.08. The quantitative estimate of drug-likeness (QED) is 0.594. The molecule has 0 fully saturated rings. The first kappa shape index (κ1) is 18.8. The number of benzene rings is 1. The molecule has 0 bridgehead atoms. The highest BCUT2D eigenvalue weighted by molar-refractivity contribution is 9.10.